The summed E-state index contributed by atoms with van der Waals surface area (Å²) in [5, 5.41) is 0. The van der Waals surface area contributed by atoms with Gasteiger partial charge in [-0.3, -0.25) is 4.79 Å². The van der Waals surface area contributed by atoms with Crippen LogP contribution in [0.2, 0.25) is 0 Å². The van der Waals surface area contributed by atoms with Gasteiger partial charge in [0.15, 0.2) is 0 Å². The van der Waals surface area contributed by atoms with E-state index in [1.54, 1.807) is 30.3 Å². The number of nitrogens with one attached hydrogen (secondary N) is 1. The quantitative estimate of drug-likeness (QED) is 0.832. The maximum absolute atomic E-state index is 13.6. The van der Waals surface area contributed by atoms with Crippen molar-refractivity contribution in [3.8, 4) is 0 Å². The van der Waals surface area contributed by atoms with Gasteiger partial charge < -0.3 is 5.73 Å². The van der Waals surface area contributed by atoms with Crippen LogP contribution in [0.4, 0.5) is 8.78 Å². The lowest BCUT2D eigenvalue weighted by Gasteiger charge is -2.16. The van der Waals surface area contributed by atoms with E-state index in [-0.39, 0.29) is 6.42 Å². The molecule has 1 unspecified atom stereocenters. The van der Waals surface area contributed by atoms with Crippen LogP contribution in [0.1, 0.15) is 5.56 Å². The zero-order valence-electron chi connectivity index (χ0n) is 11.9. The summed E-state index contributed by atoms with van der Waals surface area (Å²) in [6.07, 6.45) is -0.00760. The molecule has 3 N–H and O–H groups in total. The van der Waals surface area contributed by atoms with E-state index in [0.717, 1.165) is 6.07 Å². The molecule has 5 nitrogen and oxygen atoms in total. The van der Waals surface area contributed by atoms with E-state index < -0.39 is 38.5 Å². The molecule has 23 heavy (non-hydrogen) atoms. The molecule has 0 aliphatic carbocycles. The molecule has 1 atom stereocenters. The predicted molar refractivity (Wildman–Crippen MR) is 79.8 cm³/mol. The molecule has 0 saturated heterocycles. The Bertz CT molecular complexity index is 811. The van der Waals surface area contributed by atoms with Gasteiger partial charge in [-0.2, -0.15) is 4.72 Å². The zero-order valence-corrected chi connectivity index (χ0v) is 12.7. The molecule has 0 saturated carbocycles. The largest absolute Gasteiger partial charge is 0.368 e. The second kappa shape index (κ2) is 6.84. The zero-order chi connectivity index (χ0) is 17.0. The van der Waals surface area contributed by atoms with E-state index in [2.05, 4.69) is 0 Å². The van der Waals surface area contributed by atoms with Crippen molar-refractivity contribution in [3.63, 3.8) is 0 Å². The van der Waals surface area contributed by atoms with E-state index >= 15 is 0 Å². The van der Waals surface area contributed by atoms with Crippen molar-refractivity contribution in [1.29, 1.82) is 0 Å². The number of nitrogens with two attached hydrogens (primary N) is 1. The first kappa shape index (κ1) is 17.0. The summed E-state index contributed by atoms with van der Waals surface area (Å²) in [6, 6.07) is 9.31. The van der Waals surface area contributed by atoms with Crippen LogP contribution in [0.5, 0.6) is 0 Å². The first-order valence-electron chi connectivity index (χ1n) is 6.60. The average molecular weight is 340 g/mol. The number of sulfonamides is 1. The molecule has 2 rings (SSSR count). The summed E-state index contributed by atoms with van der Waals surface area (Å²) < 4.78 is 53.2. The van der Waals surface area contributed by atoms with Crippen LogP contribution in [0.3, 0.4) is 0 Å². The average Bonchev–Trinajstić information content (AvgIpc) is 2.49. The van der Waals surface area contributed by atoms with Crippen molar-refractivity contribution < 1.29 is 22.0 Å². The Kier molecular flexibility index (Phi) is 5.07. The van der Waals surface area contributed by atoms with E-state index in [9.17, 15) is 22.0 Å². The van der Waals surface area contributed by atoms with Crippen LogP contribution < -0.4 is 10.5 Å². The number of amides is 1. The molecule has 1 amide bonds. The van der Waals surface area contributed by atoms with Gasteiger partial charge in [0.25, 0.3) is 0 Å². The highest BCUT2D eigenvalue weighted by molar-refractivity contribution is 7.89. The van der Waals surface area contributed by atoms with Gasteiger partial charge in [-0.25, -0.2) is 17.2 Å². The Morgan fingerprint density at radius 2 is 1.78 bits per heavy atom. The van der Waals surface area contributed by atoms with Crippen LogP contribution in [0.15, 0.2) is 53.4 Å². The number of benzene rings is 2. The van der Waals surface area contributed by atoms with Gasteiger partial charge in [0.1, 0.15) is 22.6 Å². The highest BCUT2D eigenvalue weighted by Gasteiger charge is 2.27. The van der Waals surface area contributed by atoms with Gasteiger partial charge in [0.05, 0.1) is 0 Å². The number of primary amides is 1. The van der Waals surface area contributed by atoms with Gasteiger partial charge in [-0.05, 0) is 30.2 Å². The van der Waals surface area contributed by atoms with Crippen LogP contribution in [0.25, 0.3) is 0 Å². The molecule has 122 valence electrons. The predicted octanol–water partition coefficient (Wildman–Crippen LogP) is 1.34. The molecule has 2 aromatic rings. The third-order valence-corrected chi connectivity index (χ3v) is 4.59. The first-order valence-corrected chi connectivity index (χ1v) is 8.08. The summed E-state index contributed by atoms with van der Waals surface area (Å²) in [7, 11) is -4.44. The normalized spacial score (nSPS) is 12.8. The fourth-order valence-corrected chi connectivity index (χ4v) is 3.28. The van der Waals surface area contributed by atoms with Crippen LogP contribution in [0, 0.1) is 11.6 Å². The number of halogens is 2. The van der Waals surface area contributed by atoms with Gasteiger partial charge in [-0.1, -0.05) is 30.3 Å². The second-order valence-corrected chi connectivity index (χ2v) is 6.52. The molecule has 0 aliphatic rings. The third-order valence-electron chi connectivity index (χ3n) is 3.11. The number of hydrogen-bond acceptors (Lipinski definition) is 3. The first-order chi connectivity index (χ1) is 10.8. The Morgan fingerprint density at radius 1 is 1.13 bits per heavy atom. The molecular weight excluding hydrogens is 326 g/mol. The Balaban J connectivity index is 2.28. The Labute approximate surface area is 132 Å². The summed E-state index contributed by atoms with van der Waals surface area (Å²) in [5.41, 5.74) is 5.87. The number of hydrogen-bond donors (Lipinski definition) is 2. The molecular formula is C15H14F2N2O3S. The molecule has 0 spiro atoms. The Morgan fingerprint density at radius 3 is 2.39 bits per heavy atom. The van der Waals surface area contributed by atoms with E-state index in [1.165, 1.54) is 0 Å². The fourth-order valence-electron chi connectivity index (χ4n) is 1.98. The summed E-state index contributed by atoms with van der Waals surface area (Å²) in [6.45, 7) is 0. The second-order valence-electron chi connectivity index (χ2n) is 4.84. The number of carbonyl (C=O) groups excluding carboxylic acids is 1. The van der Waals surface area contributed by atoms with Crippen molar-refractivity contribution in [3.05, 3.63) is 65.7 Å². The third kappa shape index (κ3) is 4.33. The standard InChI is InChI=1S/C15H14F2N2O3S/c16-11-6-7-12(17)14(9-11)23(21,22)19-13(15(18)20)8-10-4-2-1-3-5-10/h1-7,9,13,19H,8H2,(H2,18,20). The molecule has 0 aromatic heterocycles. The van der Waals surface area contributed by atoms with Gasteiger partial charge in [-0.15, -0.1) is 0 Å². The summed E-state index contributed by atoms with van der Waals surface area (Å²) in [4.78, 5) is 10.6. The topological polar surface area (TPSA) is 89.3 Å². The van der Waals surface area contributed by atoms with Crippen molar-refractivity contribution in [2.45, 2.75) is 17.4 Å². The lowest BCUT2D eigenvalue weighted by atomic mass is 10.1. The van der Waals surface area contributed by atoms with Crippen molar-refractivity contribution in [1.82, 2.24) is 4.72 Å². The summed E-state index contributed by atoms with van der Waals surface area (Å²) >= 11 is 0. The van der Waals surface area contributed by atoms with E-state index in [0.29, 0.717) is 17.7 Å². The molecule has 0 radical (unpaired) electrons. The highest BCUT2D eigenvalue weighted by atomic mass is 32.2. The lowest BCUT2D eigenvalue weighted by molar-refractivity contribution is -0.119. The number of rotatable bonds is 6. The fraction of sp³-hybridized carbons (Fsp3) is 0.133. The van der Waals surface area contributed by atoms with Crippen LogP contribution >= 0.6 is 0 Å². The van der Waals surface area contributed by atoms with E-state index in [4.69, 9.17) is 5.73 Å². The monoisotopic (exact) mass is 340 g/mol. The molecule has 2 aromatic carbocycles. The minimum Gasteiger partial charge on any atom is -0.368 e. The smallest absolute Gasteiger partial charge is 0.244 e. The highest BCUT2D eigenvalue weighted by Crippen LogP contribution is 2.16. The maximum Gasteiger partial charge on any atom is 0.244 e. The van der Waals surface area contributed by atoms with Gasteiger partial charge in [0, 0.05) is 0 Å². The summed E-state index contributed by atoms with van der Waals surface area (Å²) in [5.74, 6) is -2.96. The number of carbonyl (C=O) groups is 1. The molecule has 8 heteroatoms. The van der Waals surface area contributed by atoms with Crippen LogP contribution in [-0.2, 0) is 21.2 Å². The molecule has 0 fully saturated rings. The van der Waals surface area contributed by atoms with Gasteiger partial charge >= 0.3 is 0 Å². The van der Waals surface area contributed by atoms with Gasteiger partial charge in [0.2, 0.25) is 15.9 Å². The van der Waals surface area contributed by atoms with Crippen molar-refractivity contribution in [2.75, 3.05) is 0 Å². The molecule has 0 aliphatic heterocycles. The molecule has 0 heterocycles. The van der Waals surface area contributed by atoms with Crippen LogP contribution in [-0.4, -0.2) is 20.4 Å². The lowest BCUT2D eigenvalue weighted by Crippen LogP contribution is -2.45. The SMILES string of the molecule is NC(=O)C(Cc1ccccc1)NS(=O)(=O)c1cc(F)ccc1F. The minimum absolute atomic E-state index is 0.00760. The van der Waals surface area contributed by atoms with E-state index in [1.807, 2.05) is 4.72 Å². The Hall–Kier alpha value is -2.32. The van der Waals surface area contributed by atoms with Crippen molar-refractivity contribution in [2.24, 2.45) is 5.73 Å². The minimum atomic E-state index is -4.44. The molecule has 0 bridgehead atoms. The maximum atomic E-state index is 13.6. The van der Waals surface area contributed by atoms with Crippen molar-refractivity contribution >= 4 is 15.9 Å².